The Morgan fingerprint density at radius 1 is 1.12 bits per heavy atom. The van der Waals surface area contributed by atoms with Crippen molar-refractivity contribution in [1.29, 1.82) is 0 Å². The zero-order valence-corrected chi connectivity index (χ0v) is 19.2. The number of rotatable bonds is 7. The number of H-pyrrole nitrogens is 1. The van der Waals surface area contributed by atoms with Gasteiger partial charge >= 0.3 is 0 Å². The molecular formula is C26H28FN5O2. The summed E-state index contributed by atoms with van der Waals surface area (Å²) in [6, 6.07) is 9.78. The van der Waals surface area contributed by atoms with Crippen LogP contribution in [-0.2, 0) is 17.7 Å². The highest BCUT2D eigenvalue weighted by Crippen LogP contribution is 2.46. The van der Waals surface area contributed by atoms with Gasteiger partial charge in [-0.15, -0.1) is 0 Å². The molecule has 2 N–H and O–H groups in total. The molecule has 7 rings (SSSR count). The van der Waals surface area contributed by atoms with E-state index in [1.165, 1.54) is 6.20 Å². The van der Waals surface area contributed by atoms with Crippen LogP contribution in [0.3, 0.4) is 0 Å². The Morgan fingerprint density at radius 2 is 2.00 bits per heavy atom. The van der Waals surface area contributed by atoms with Gasteiger partial charge in [0.05, 0.1) is 42.2 Å². The molecule has 176 valence electrons. The Balaban J connectivity index is 1.12. The fourth-order valence-electron chi connectivity index (χ4n) is 5.44. The fourth-order valence-corrected chi connectivity index (χ4v) is 5.44. The van der Waals surface area contributed by atoms with Gasteiger partial charge in [-0.1, -0.05) is 0 Å². The first-order valence-corrected chi connectivity index (χ1v) is 11.9. The van der Waals surface area contributed by atoms with E-state index in [2.05, 4.69) is 32.4 Å². The summed E-state index contributed by atoms with van der Waals surface area (Å²) in [5, 5.41) is 4.86. The van der Waals surface area contributed by atoms with Gasteiger partial charge in [-0.3, -0.25) is 4.98 Å². The van der Waals surface area contributed by atoms with Gasteiger partial charge in [-0.25, -0.2) is 14.4 Å². The molecule has 0 aromatic carbocycles. The van der Waals surface area contributed by atoms with Gasteiger partial charge in [0.25, 0.3) is 0 Å². The number of nitrogens with one attached hydrogen (secondary N) is 2. The third kappa shape index (κ3) is 3.80. The Labute approximate surface area is 197 Å². The maximum atomic E-state index is 14.7. The van der Waals surface area contributed by atoms with Crippen LogP contribution in [0.5, 0.6) is 5.88 Å². The van der Waals surface area contributed by atoms with Crippen molar-refractivity contribution in [2.45, 2.75) is 56.2 Å². The first-order chi connectivity index (χ1) is 16.6. The highest BCUT2D eigenvalue weighted by molar-refractivity contribution is 5.78. The van der Waals surface area contributed by atoms with E-state index in [0.29, 0.717) is 42.0 Å². The van der Waals surface area contributed by atoms with E-state index in [0.717, 1.165) is 48.8 Å². The Bertz CT molecular complexity index is 1330. The van der Waals surface area contributed by atoms with Crippen LogP contribution in [0.4, 0.5) is 4.39 Å². The molecule has 7 nitrogen and oxygen atoms in total. The maximum absolute atomic E-state index is 14.7. The first kappa shape index (κ1) is 21.4. The zero-order chi connectivity index (χ0) is 23.2. The molecule has 0 radical (unpaired) electrons. The molecule has 4 aromatic heterocycles. The molecule has 0 amide bonds. The summed E-state index contributed by atoms with van der Waals surface area (Å²) < 4.78 is 26.4. The number of methoxy groups -OCH3 is 1. The second-order valence-electron chi connectivity index (χ2n) is 9.63. The molecule has 1 aliphatic carbocycles. The predicted molar refractivity (Wildman–Crippen MR) is 127 cm³/mol. The largest absolute Gasteiger partial charge is 0.481 e. The second-order valence-corrected chi connectivity index (χ2v) is 9.63. The Hall–Kier alpha value is -3.10. The normalized spacial score (nSPS) is 24.2. The monoisotopic (exact) mass is 461 g/mol. The number of aromatic nitrogens is 4. The van der Waals surface area contributed by atoms with E-state index in [-0.39, 0.29) is 17.0 Å². The summed E-state index contributed by atoms with van der Waals surface area (Å²) in [7, 11) is 1.56. The lowest BCUT2D eigenvalue weighted by Gasteiger charge is -2.53. The molecule has 6 heterocycles. The zero-order valence-electron chi connectivity index (χ0n) is 19.2. The van der Waals surface area contributed by atoms with Gasteiger partial charge in [0.15, 0.2) is 0 Å². The minimum absolute atomic E-state index is 0.0162. The van der Waals surface area contributed by atoms with E-state index in [1.807, 2.05) is 18.3 Å². The van der Waals surface area contributed by atoms with Crippen LogP contribution in [0.1, 0.15) is 43.4 Å². The molecule has 34 heavy (non-hydrogen) atoms. The SMILES string of the molecule is COc1ccc2ncc(F)c(CCC34CCC(NCc5ccc6cc[nH]c6n5)(CC3)CO4)c2n1. The molecular weight excluding hydrogens is 433 g/mol. The molecule has 0 atom stereocenters. The standard InChI is InChI=1S/C26H28FN5O2/c1-33-22-5-4-21-23(32-22)19(20(27)15-29-21)6-8-26-11-9-25(10-12-26,16-34-26)30-14-18-3-2-17-7-13-28-24(17)31-18/h2-5,7,13,15,30H,6,8-12,14,16H2,1H3,(H,28,31). The summed E-state index contributed by atoms with van der Waals surface area (Å²) in [6.45, 7) is 1.39. The summed E-state index contributed by atoms with van der Waals surface area (Å²) >= 11 is 0. The minimum Gasteiger partial charge on any atom is -0.481 e. The van der Waals surface area contributed by atoms with Crippen LogP contribution in [0.25, 0.3) is 22.1 Å². The maximum Gasteiger partial charge on any atom is 0.213 e. The molecule has 3 aliphatic rings. The molecule has 0 spiro atoms. The number of hydrogen-bond donors (Lipinski definition) is 2. The summed E-state index contributed by atoms with van der Waals surface area (Å²) in [5.41, 5.74) is 3.57. The molecule has 1 saturated carbocycles. The van der Waals surface area contributed by atoms with Crippen LogP contribution >= 0.6 is 0 Å². The third-order valence-corrected chi connectivity index (χ3v) is 7.66. The molecule has 8 heteroatoms. The van der Waals surface area contributed by atoms with E-state index in [1.54, 1.807) is 13.2 Å². The van der Waals surface area contributed by atoms with Gasteiger partial charge in [-0.2, -0.15) is 0 Å². The van der Waals surface area contributed by atoms with Crippen molar-refractivity contribution in [3.63, 3.8) is 0 Å². The van der Waals surface area contributed by atoms with Crippen LogP contribution in [0.2, 0.25) is 0 Å². The van der Waals surface area contributed by atoms with Crippen molar-refractivity contribution in [1.82, 2.24) is 25.3 Å². The minimum atomic E-state index is -0.321. The molecule has 2 saturated heterocycles. The lowest BCUT2D eigenvalue weighted by molar-refractivity contribution is -0.165. The number of aromatic amines is 1. The number of ether oxygens (including phenoxy) is 2. The van der Waals surface area contributed by atoms with Crippen molar-refractivity contribution in [2.75, 3.05) is 13.7 Å². The molecule has 2 aliphatic heterocycles. The highest BCUT2D eigenvalue weighted by Gasteiger charge is 2.49. The fraction of sp³-hybridized carbons (Fsp3) is 0.423. The van der Waals surface area contributed by atoms with Crippen LogP contribution in [0.15, 0.2) is 42.7 Å². The average molecular weight is 462 g/mol. The quantitative estimate of drug-likeness (QED) is 0.423. The van der Waals surface area contributed by atoms with E-state index < -0.39 is 0 Å². The van der Waals surface area contributed by atoms with Crippen LogP contribution < -0.4 is 10.1 Å². The van der Waals surface area contributed by atoms with Crippen molar-refractivity contribution in [3.05, 3.63) is 59.8 Å². The van der Waals surface area contributed by atoms with E-state index >= 15 is 0 Å². The van der Waals surface area contributed by atoms with Gasteiger partial charge < -0.3 is 19.8 Å². The van der Waals surface area contributed by atoms with Crippen molar-refractivity contribution in [3.8, 4) is 5.88 Å². The number of pyridine rings is 3. The molecule has 2 bridgehead atoms. The molecule has 4 aromatic rings. The van der Waals surface area contributed by atoms with Crippen molar-refractivity contribution >= 4 is 22.1 Å². The van der Waals surface area contributed by atoms with Crippen molar-refractivity contribution in [2.24, 2.45) is 0 Å². The average Bonchev–Trinajstić information content (AvgIpc) is 3.36. The van der Waals surface area contributed by atoms with Crippen LogP contribution in [0, 0.1) is 5.82 Å². The van der Waals surface area contributed by atoms with Crippen molar-refractivity contribution < 1.29 is 13.9 Å². The third-order valence-electron chi connectivity index (χ3n) is 7.66. The smallest absolute Gasteiger partial charge is 0.213 e. The summed E-state index contributed by atoms with van der Waals surface area (Å²) in [5.74, 6) is 0.144. The number of nitrogens with zero attached hydrogens (tertiary/aromatic N) is 3. The van der Waals surface area contributed by atoms with Gasteiger partial charge in [-0.05, 0) is 62.8 Å². The molecule has 0 unspecified atom stereocenters. The second kappa shape index (κ2) is 8.29. The van der Waals surface area contributed by atoms with E-state index in [9.17, 15) is 4.39 Å². The Kier molecular flexibility index (Phi) is 5.22. The van der Waals surface area contributed by atoms with Gasteiger partial charge in [0.2, 0.25) is 5.88 Å². The lowest BCUT2D eigenvalue weighted by Crippen LogP contribution is -2.61. The summed E-state index contributed by atoms with van der Waals surface area (Å²) in [4.78, 5) is 16.5. The number of fused-ring (bicyclic) bond motifs is 5. The Morgan fingerprint density at radius 3 is 2.79 bits per heavy atom. The lowest BCUT2D eigenvalue weighted by atomic mass is 9.69. The topological polar surface area (TPSA) is 85.0 Å². The number of halogens is 1. The van der Waals surface area contributed by atoms with Gasteiger partial charge in [0, 0.05) is 35.3 Å². The van der Waals surface area contributed by atoms with Gasteiger partial charge in [0.1, 0.15) is 11.5 Å². The summed E-state index contributed by atoms with van der Waals surface area (Å²) in [6.07, 6.45) is 8.55. The molecule has 3 fully saturated rings. The first-order valence-electron chi connectivity index (χ1n) is 11.9. The highest BCUT2D eigenvalue weighted by atomic mass is 19.1. The van der Waals surface area contributed by atoms with Crippen LogP contribution in [-0.4, -0.2) is 44.8 Å². The number of hydrogen-bond acceptors (Lipinski definition) is 6. The van der Waals surface area contributed by atoms with E-state index in [4.69, 9.17) is 14.5 Å². The number of aryl methyl sites for hydroxylation is 1. The predicted octanol–water partition coefficient (Wildman–Crippen LogP) is 4.46.